The zero-order valence-corrected chi connectivity index (χ0v) is 10.8. The molecule has 0 saturated heterocycles. The smallest absolute Gasteiger partial charge is 0.260 e. The van der Waals surface area contributed by atoms with E-state index in [-0.39, 0.29) is 0 Å². The number of nitrogens with zero attached hydrogens (tertiary/aromatic N) is 2. The molecule has 0 aliphatic rings. The standard InChI is InChI=1S/C11H15N5OS/c1-7-5-15-16(6-7)3-2-14-9-4-8(12)10(18-9)11(13)17/h4-6,14H,2-3,12H2,1H3,(H2,13,17). The molecule has 0 saturated carbocycles. The van der Waals surface area contributed by atoms with Crippen molar-refractivity contribution in [2.24, 2.45) is 5.73 Å². The summed E-state index contributed by atoms with van der Waals surface area (Å²) in [4.78, 5) is 11.4. The fraction of sp³-hybridized carbons (Fsp3) is 0.273. The maximum Gasteiger partial charge on any atom is 0.260 e. The van der Waals surface area contributed by atoms with Crippen LogP contribution in [0.5, 0.6) is 0 Å². The number of rotatable bonds is 5. The van der Waals surface area contributed by atoms with Crippen molar-refractivity contribution in [3.8, 4) is 0 Å². The van der Waals surface area contributed by atoms with Crippen LogP contribution in [-0.2, 0) is 6.54 Å². The highest BCUT2D eigenvalue weighted by molar-refractivity contribution is 7.18. The molecule has 0 spiro atoms. The van der Waals surface area contributed by atoms with Gasteiger partial charge in [0.15, 0.2) is 0 Å². The second-order valence-electron chi connectivity index (χ2n) is 3.97. The molecule has 0 fully saturated rings. The summed E-state index contributed by atoms with van der Waals surface area (Å²) in [5, 5.41) is 8.21. The van der Waals surface area contributed by atoms with Gasteiger partial charge >= 0.3 is 0 Å². The fourth-order valence-corrected chi connectivity index (χ4v) is 2.43. The van der Waals surface area contributed by atoms with Crippen LogP contribution in [0.25, 0.3) is 0 Å². The van der Waals surface area contributed by atoms with Gasteiger partial charge in [-0.25, -0.2) is 0 Å². The van der Waals surface area contributed by atoms with Gasteiger partial charge in [0.1, 0.15) is 4.88 Å². The van der Waals surface area contributed by atoms with Crippen molar-refractivity contribution >= 4 is 27.9 Å². The number of amides is 1. The third-order valence-corrected chi connectivity index (χ3v) is 3.51. The zero-order valence-electron chi connectivity index (χ0n) is 10.0. The molecule has 0 unspecified atom stereocenters. The van der Waals surface area contributed by atoms with Gasteiger partial charge in [0.2, 0.25) is 0 Å². The van der Waals surface area contributed by atoms with Gasteiger partial charge in [-0.1, -0.05) is 0 Å². The minimum atomic E-state index is -0.492. The molecule has 2 aromatic rings. The summed E-state index contributed by atoms with van der Waals surface area (Å²) >= 11 is 1.27. The molecule has 2 rings (SSSR count). The van der Waals surface area contributed by atoms with E-state index in [4.69, 9.17) is 11.5 Å². The van der Waals surface area contributed by atoms with Gasteiger partial charge in [0, 0.05) is 12.7 Å². The Morgan fingerprint density at radius 2 is 2.39 bits per heavy atom. The van der Waals surface area contributed by atoms with Gasteiger partial charge in [-0.2, -0.15) is 5.10 Å². The first kappa shape index (κ1) is 12.4. The molecule has 96 valence electrons. The lowest BCUT2D eigenvalue weighted by molar-refractivity contribution is 0.100. The molecular weight excluding hydrogens is 250 g/mol. The molecule has 0 bridgehead atoms. The summed E-state index contributed by atoms with van der Waals surface area (Å²) in [6.07, 6.45) is 3.79. The molecule has 0 atom stereocenters. The minimum absolute atomic E-state index is 0.396. The number of aromatic nitrogens is 2. The number of aryl methyl sites for hydroxylation is 1. The minimum Gasteiger partial charge on any atom is -0.397 e. The van der Waals surface area contributed by atoms with Gasteiger partial charge in [-0.3, -0.25) is 9.48 Å². The highest BCUT2D eigenvalue weighted by atomic mass is 32.1. The zero-order chi connectivity index (χ0) is 13.1. The van der Waals surface area contributed by atoms with Crippen molar-refractivity contribution in [2.75, 3.05) is 17.6 Å². The highest BCUT2D eigenvalue weighted by Gasteiger charge is 2.10. The Bertz CT molecular complexity index is 560. The van der Waals surface area contributed by atoms with Gasteiger partial charge in [0.05, 0.1) is 23.4 Å². The Balaban J connectivity index is 1.90. The van der Waals surface area contributed by atoms with Crippen LogP contribution in [-0.4, -0.2) is 22.2 Å². The SMILES string of the molecule is Cc1cnn(CCNc2cc(N)c(C(N)=O)s2)c1. The first-order chi connectivity index (χ1) is 8.56. The molecule has 0 radical (unpaired) electrons. The summed E-state index contributed by atoms with van der Waals surface area (Å²) in [7, 11) is 0. The van der Waals surface area contributed by atoms with Crippen molar-refractivity contribution in [1.82, 2.24) is 9.78 Å². The molecule has 0 aliphatic heterocycles. The topological polar surface area (TPSA) is 99.0 Å². The Hall–Kier alpha value is -2.02. The normalized spacial score (nSPS) is 10.5. The van der Waals surface area contributed by atoms with Gasteiger partial charge in [-0.05, 0) is 18.6 Å². The molecular formula is C11H15N5OS. The van der Waals surface area contributed by atoms with Crippen LogP contribution in [0.15, 0.2) is 18.5 Å². The second-order valence-corrected chi connectivity index (χ2v) is 5.02. The third-order valence-electron chi connectivity index (χ3n) is 2.39. The fourth-order valence-electron chi connectivity index (χ4n) is 1.57. The van der Waals surface area contributed by atoms with Crippen molar-refractivity contribution in [1.29, 1.82) is 0 Å². The number of thiophene rings is 1. The van der Waals surface area contributed by atoms with E-state index in [0.29, 0.717) is 17.1 Å². The van der Waals surface area contributed by atoms with Crippen molar-refractivity contribution < 1.29 is 4.79 Å². The second kappa shape index (κ2) is 5.09. The van der Waals surface area contributed by atoms with Gasteiger partial charge in [-0.15, -0.1) is 11.3 Å². The molecule has 0 aliphatic carbocycles. The first-order valence-electron chi connectivity index (χ1n) is 5.48. The lowest BCUT2D eigenvalue weighted by Crippen LogP contribution is -2.10. The summed E-state index contributed by atoms with van der Waals surface area (Å²) in [5.41, 5.74) is 12.4. The number of nitrogens with two attached hydrogens (primary N) is 2. The van der Waals surface area contributed by atoms with Crippen LogP contribution >= 0.6 is 11.3 Å². The maximum absolute atomic E-state index is 11.0. The lowest BCUT2D eigenvalue weighted by atomic mass is 10.4. The van der Waals surface area contributed by atoms with E-state index in [1.165, 1.54) is 11.3 Å². The average molecular weight is 265 g/mol. The summed E-state index contributed by atoms with van der Waals surface area (Å²) in [6, 6.07) is 1.72. The molecule has 6 nitrogen and oxygen atoms in total. The molecule has 2 aromatic heterocycles. The number of hydrogen-bond donors (Lipinski definition) is 3. The predicted octanol–water partition coefficient (Wildman–Crippen LogP) is 1.05. The number of carbonyl (C=O) groups excluding carboxylic acids is 1. The average Bonchev–Trinajstić information content (AvgIpc) is 2.85. The highest BCUT2D eigenvalue weighted by Crippen LogP contribution is 2.28. The van der Waals surface area contributed by atoms with E-state index in [0.717, 1.165) is 17.1 Å². The first-order valence-corrected chi connectivity index (χ1v) is 6.30. The number of primary amides is 1. The van der Waals surface area contributed by atoms with E-state index in [9.17, 15) is 4.79 Å². The molecule has 18 heavy (non-hydrogen) atoms. The lowest BCUT2D eigenvalue weighted by Gasteiger charge is -2.03. The number of carbonyl (C=O) groups is 1. The monoisotopic (exact) mass is 265 g/mol. The Morgan fingerprint density at radius 3 is 2.94 bits per heavy atom. The Labute approximate surface area is 109 Å². The largest absolute Gasteiger partial charge is 0.397 e. The van der Waals surface area contributed by atoms with E-state index >= 15 is 0 Å². The van der Waals surface area contributed by atoms with E-state index in [1.54, 1.807) is 6.07 Å². The van der Waals surface area contributed by atoms with E-state index in [1.807, 2.05) is 24.0 Å². The van der Waals surface area contributed by atoms with Crippen molar-refractivity contribution in [3.05, 3.63) is 28.9 Å². The van der Waals surface area contributed by atoms with Crippen LogP contribution in [0, 0.1) is 6.92 Å². The Kier molecular flexibility index (Phi) is 3.52. The quantitative estimate of drug-likeness (QED) is 0.752. The number of hydrogen-bond acceptors (Lipinski definition) is 5. The van der Waals surface area contributed by atoms with E-state index < -0.39 is 5.91 Å². The van der Waals surface area contributed by atoms with Crippen molar-refractivity contribution in [3.63, 3.8) is 0 Å². The number of nitrogen functional groups attached to an aromatic ring is 1. The number of anilines is 2. The maximum atomic E-state index is 11.0. The van der Waals surface area contributed by atoms with Crippen LogP contribution in [0.4, 0.5) is 10.7 Å². The molecule has 5 N–H and O–H groups in total. The summed E-state index contributed by atoms with van der Waals surface area (Å²) < 4.78 is 1.86. The third kappa shape index (κ3) is 2.80. The van der Waals surface area contributed by atoms with Gasteiger partial charge in [0.25, 0.3) is 5.91 Å². The number of nitrogens with one attached hydrogen (secondary N) is 1. The Morgan fingerprint density at radius 1 is 1.61 bits per heavy atom. The summed E-state index contributed by atoms with van der Waals surface area (Å²) in [6.45, 7) is 3.45. The molecule has 7 heteroatoms. The predicted molar refractivity (Wildman–Crippen MR) is 72.7 cm³/mol. The van der Waals surface area contributed by atoms with E-state index in [2.05, 4.69) is 10.4 Å². The van der Waals surface area contributed by atoms with Crippen molar-refractivity contribution in [2.45, 2.75) is 13.5 Å². The van der Waals surface area contributed by atoms with Crippen LogP contribution in [0.2, 0.25) is 0 Å². The molecule has 2 heterocycles. The van der Waals surface area contributed by atoms with Crippen LogP contribution < -0.4 is 16.8 Å². The van der Waals surface area contributed by atoms with Crippen LogP contribution in [0.1, 0.15) is 15.2 Å². The van der Waals surface area contributed by atoms with Crippen LogP contribution in [0.3, 0.4) is 0 Å². The summed E-state index contributed by atoms with van der Waals surface area (Å²) in [5.74, 6) is -0.492. The van der Waals surface area contributed by atoms with Gasteiger partial charge < -0.3 is 16.8 Å². The molecule has 1 amide bonds. The molecule has 0 aromatic carbocycles.